The van der Waals surface area contributed by atoms with Crippen LogP contribution < -0.4 is 5.32 Å². The minimum atomic E-state index is -3.49. The lowest BCUT2D eigenvalue weighted by Crippen LogP contribution is -2.51. The van der Waals surface area contributed by atoms with E-state index in [-0.39, 0.29) is 6.04 Å². The number of nitrogens with zero attached hydrogens (tertiary/aromatic N) is 2. The van der Waals surface area contributed by atoms with E-state index in [1.54, 1.807) is 18.3 Å². The second-order valence-electron chi connectivity index (χ2n) is 5.05. The summed E-state index contributed by atoms with van der Waals surface area (Å²) in [5, 5.41) is 4.10. The maximum atomic E-state index is 12.8. The van der Waals surface area contributed by atoms with Gasteiger partial charge in [-0.3, -0.25) is 4.98 Å². The third kappa shape index (κ3) is 2.30. The molecule has 3 rings (SSSR count). The fraction of sp³-hybridized carbons (Fsp3) is 0.357. The monoisotopic (exact) mass is 291 g/mol. The molecule has 0 saturated carbocycles. The van der Waals surface area contributed by atoms with Crippen molar-refractivity contribution in [2.75, 3.05) is 19.6 Å². The molecule has 1 aromatic heterocycles. The lowest BCUT2D eigenvalue weighted by Gasteiger charge is -2.31. The van der Waals surface area contributed by atoms with Gasteiger partial charge in [-0.1, -0.05) is 18.2 Å². The lowest BCUT2D eigenvalue weighted by molar-refractivity contribution is 0.310. The molecule has 1 atom stereocenters. The number of hydrogen-bond acceptors (Lipinski definition) is 4. The number of para-hydroxylation sites is 1. The molecule has 1 aliphatic heterocycles. The minimum absolute atomic E-state index is 0.168. The van der Waals surface area contributed by atoms with Crippen LogP contribution >= 0.6 is 0 Å². The van der Waals surface area contributed by atoms with E-state index in [4.69, 9.17) is 0 Å². The molecule has 20 heavy (non-hydrogen) atoms. The highest BCUT2D eigenvalue weighted by molar-refractivity contribution is 7.89. The molecule has 1 aromatic carbocycles. The van der Waals surface area contributed by atoms with Crippen molar-refractivity contribution >= 4 is 20.9 Å². The highest BCUT2D eigenvalue weighted by atomic mass is 32.2. The van der Waals surface area contributed by atoms with Gasteiger partial charge in [0.1, 0.15) is 4.90 Å². The summed E-state index contributed by atoms with van der Waals surface area (Å²) in [4.78, 5) is 4.54. The van der Waals surface area contributed by atoms with Crippen molar-refractivity contribution < 1.29 is 8.42 Å². The zero-order valence-corrected chi connectivity index (χ0v) is 12.1. The number of piperazine rings is 1. The number of nitrogens with one attached hydrogen (secondary N) is 1. The van der Waals surface area contributed by atoms with Gasteiger partial charge >= 0.3 is 0 Å². The molecule has 1 aliphatic rings. The van der Waals surface area contributed by atoms with Crippen molar-refractivity contribution in [1.29, 1.82) is 0 Å². The third-order valence-electron chi connectivity index (χ3n) is 3.55. The number of benzene rings is 1. The summed E-state index contributed by atoms with van der Waals surface area (Å²) in [5.74, 6) is 0. The summed E-state index contributed by atoms with van der Waals surface area (Å²) in [6.45, 7) is 3.66. The first-order chi connectivity index (χ1) is 9.59. The number of aromatic nitrogens is 1. The van der Waals surface area contributed by atoms with Gasteiger partial charge in [-0.15, -0.1) is 0 Å². The molecule has 2 aromatic rings. The van der Waals surface area contributed by atoms with Crippen LogP contribution in [0.3, 0.4) is 0 Å². The number of fused-ring (bicyclic) bond motifs is 1. The summed E-state index contributed by atoms with van der Waals surface area (Å²) in [6.07, 6.45) is 1.63. The van der Waals surface area contributed by atoms with Gasteiger partial charge in [-0.25, -0.2) is 8.42 Å². The van der Waals surface area contributed by atoms with Crippen molar-refractivity contribution in [2.45, 2.75) is 17.9 Å². The van der Waals surface area contributed by atoms with Crippen molar-refractivity contribution in [2.24, 2.45) is 0 Å². The summed E-state index contributed by atoms with van der Waals surface area (Å²) >= 11 is 0. The van der Waals surface area contributed by atoms with Gasteiger partial charge in [0.25, 0.3) is 0 Å². The van der Waals surface area contributed by atoms with Gasteiger partial charge in [0, 0.05) is 37.3 Å². The van der Waals surface area contributed by atoms with E-state index in [1.807, 2.05) is 25.1 Å². The zero-order valence-electron chi connectivity index (χ0n) is 11.3. The van der Waals surface area contributed by atoms with Crippen molar-refractivity contribution in [3.63, 3.8) is 0 Å². The van der Waals surface area contributed by atoms with Gasteiger partial charge < -0.3 is 5.32 Å². The minimum Gasteiger partial charge on any atom is -0.312 e. The SMILES string of the molecule is C[C@H]1CN(S(=O)(=O)c2cccc3cccnc23)CCN1. The highest BCUT2D eigenvalue weighted by Gasteiger charge is 2.29. The normalized spacial score (nSPS) is 21.1. The Kier molecular flexibility index (Phi) is 3.45. The molecule has 0 amide bonds. The average molecular weight is 291 g/mol. The van der Waals surface area contributed by atoms with Gasteiger partial charge in [-0.05, 0) is 19.1 Å². The number of hydrogen-bond donors (Lipinski definition) is 1. The van der Waals surface area contributed by atoms with Crippen LogP contribution in [0.15, 0.2) is 41.4 Å². The molecule has 6 heteroatoms. The first-order valence-electron chi connectivity index (χ1n) is 6.66. The molecular weight excluding hydrogens is 274 g/mol. The molecule has 2 heterocycles. The predicted octanol–water partition coefficient (Wildman–Crippen LogP) is 1.22. The van der Waals surface area contributed by atoms with E-state index in [1.165, 1.54) is 4.31 Å². The topological polar surface area (TPSA) is 62.3 Å². The number of rotatable bonds is 2. The third-order valence-corrected chi connectivity index (χ3v) is 5.44. The van der Waals surface area contributed by atoms with Gasteiger partial charge in [0.2, 0.25) is 10.0 Å². The van der Waals surface area contributed by atoms with Crippen molar-refractivity contribution in [3.05, 3.63) is 36.5 Å². The second kappa shape index (κ2) is 5.12. The van der Waals surface area contributed by atoms with Crippen molar-refractivity contribution in [3.8, 4) is 0 Å². The smallest absolute Gasteiger partial charge is 0.245 e. The summed E-state index contributed by atoms with van der Waals surface area (Å²) in [5.41, 5.74) is 0.543. The van der Waals surface area contributed by atoms with Crippen LogP contribution in [0.25, 0.3) is 10.9 Å². The van der Waals surface area contributed by atoms with Crippen LogP contribution in [0.5, 0.6) is 0 Å². The fourth-order valence-electron chi connectivity index (χ4n) is 2.54. The van der Waals surface area contributed by atoms with Crippen LogP contribution in [-0.2, 0) is 10.0 Å². The Hall–Kier alpha value is -1.50. The molecule has 1 fully saturated rings. The second-order valence-corrected chi connectivity index (χ2v) is 6.96. The number of pyridine rings is 1. The number of sulfonamides is 1. The molecule has 106 valence electrons. The van der Waals surface area contributed by atoms with E-state index in [2.05, 4.69) is 10.3 Å². The summed E-state index contributed by atoms with van der Waals surface area (Å²) in [7, 11) is -3.49. The molecule has 0 spiro atoms. The summed E-state index contributed by atoms with van der Waals surface area (Å²) in [6, 6.07) is 9.14. The Bertz CT molecular complexity index is 725. The van der Waals surface area contributed by atoms with Crippen LogP contribution in [0.4, 0.5) is 0 Å². The van der Waals surface area contributed by atoms with Gasteiger partial charge in [0.15, 0.2) is 0 Å². The predicted molar refractivity (Wildman–Crippen MR) is 78.0 cm³/mol. The molecule has 0 radical (unpaired) electrons. The Balaban J connectivity index is 2.09. The molecule has 0 unspecified atom stereocenters. The molecule has 1 saturated heterocycles. The van der Waals surface area contributed by atoms with Gasteiger partial charge in [-0.2, -0.15) is 4.31 Å². The van der Waals surface area contributed by atoms with E-state index < -0.39 is 10.0 Å². The molecule has 1 N–H and O–H groups in total. The van der Waals surface area contributed by atoms with Crippen LogP contribution in [-0.4, -0.2) is 43.4 Å². The quantitative estimate of drug-likeness (QED) is 0.903. The Morgan fingerprint density at radius 3 is 2.90 bits per heavy atom. The van der Waals surface area contributed by atoms with E-state index in [0.29, 0.717) is 30.0 Å². The first kappa shape index (κ1) is 13.5. The molecule has 5 nitrogen and oxygen atoms in total. The van der Waals surface area contributed by atoms with Gasteiger partial charge in [0.05, 0.1) is 5.52 Å². The van der Waals surface area contributed by atoms with Crippen molar-refractivity contribution in [1.82, 2.24) is 14.6 Å². The Morgan fingerprint density at radius 1 is 1.30 bits per heavy atom. The van der Waals surface area contributed by atoms with E-state index >= 15 is 0 Å². The Labute approximate surface area is 118 Å². The largest absolute Gasteiger partial charge is 0.312 e. The fourth-order valence-corrected chi connectivity index (χ4v) is 4.23. The van der Waals surface area contributed by atoms with E-state index in [0.717, 1.165) is 5.39 Å². The first-order valence-corrected chi connectivity index (χ1v) is 8.10. The maximum Gasteiger partial charge on any atom is 0.245 e. The van der Waals surface area contributed by atoms with Crippen LogP contribution in [0.2, 0.25) is 0 Å². The maximum absolute atomic E-state index is 12.8. The van der Waals surface area contributed by atoms with Crippen LogP contribution in [0.1, 0.15) is 6.92 Å². The molecule has 0 aliphatic carbocycles. The van der Waals surface area contributed by atoms with E-state index in [9.17, 15) is 8.42 Å². The Morgan fingerprint density at radius 2 is 2.10 bits per heavy atom. The molecular formula is C14H17N3O2S. The zero-order chi connectivity index (χ0) is 14.2. The lowest BCUT2D eigenvalue weighted by atomic mass is 10.2. The molecule has 0 bridgehead atoms. The standard InChI is InChI=1S/C14H17N3O2S/c1-11-10-17(9-8-15-11)20(18,19)13-6-2-4-12-5-3-7-16-14(12)13/h2-7,11,15H,8-10H2,1H3/t11-/m0/s1. The average Bonchev–Trinajstić information content (AvgIpc) is 2.46. The summed E-state index contributed by atoms with van der Waals surface area (Å²) < 4.78 is 27.1. The highest BCUT2D eigenvalue weighted by Crippen LogP contribution is 2.24. The van der Waals surface area contributed by atoms with Crippen LogP contribution in [0, 0.1) is 0 Å².